The van der Waals surface area contributed by atoms with Gasteiger partial charge in [0.2, 0.25) is 11.3 Å². The Morgan fingerprint density at radius 1 is 1.39 bits per heavy atom. The fraction of sp³-hybridized carbons (Fsp3) is 0.400. The second-order valence-electron chi connectivity index (χ2n) is 3.65. The van der Waals surface area contributed by atoms with Crippen LogP contribution >= 0.6 is 0 Å². The Balaban J connectivity index is 2.99. The number of hydrogen-bond acceptors (Lipinski definition) is 3. The Morgan fingerprint density at radius 2 is 2.06 bits per heavy atom. The molecule has 0 aliphatic rings. The summed E-state index contributed by atoms with van der Waals surface area (Å²) in [7, 11) is 0. The van der Waals surface area contributed by atoms with Crippen LogP contribution in [-0.4, -0.2) is 27.0 Å². The van der Waals surface area contributed by atoms with Crippen molar-refractivity contribution in [3.63, 3.8) is 0 Å². The Bertz CT molecular complexity index is 441. The average molecular weight is 280 g/mol. The summed E-state index contributed by atoms with van der Waals surface area (Å²) < 4.78 is 48.2. The van der Waals surface area contributed by atoms with Gasteiger partial charge in [-0.2, -0.15) is 0 Å². The summed E-state index contributed by atoms with van der Waals surface area (Å²) in [6, 6.07) is 1.86. The summed E-state index contributed by atoms with van der Waals surface area (Å²) in [5.41, 5.74) is 5.25. The van der Waals surface area contributed by atoms with Crippen molar-refractivity contribution in [2.24, 2.45) is 5.73 Å². The first-order chi connectivity index (χ1) is 8.49. The molecule has 0 radical (unpaired) electrons. The van der Waals surface area contributed by atoms with Crippen LogP contribution in [0, 0.1) is 11.6 Å². The van der Waals surface area contributed by atoms with Crippen LogP contribution < -0.4 is 10.5 Å². The number of benzene rings is 1. The van der Waals surface area contributed by atoms with E-state index in [1.165, 1.54) is 0 Å². The largest absolute Gasteiger partial charge is 0.396 e. The highest BCUT2D eigenvalue weighted by Crippen LogP contribution is 2.22. The van der Waals surface area contributed by atoms with Crippen LogP contribution in [0.2, 0.25) is 0 Å². The third-order valence-corrected chi connectivity index (χ3v) is 2.89. The summed E-state index contributed by atoms with van der Waals surface area (Å²) in [6.07, 6.45) is 0. The van der Waals surface area contributed by atoms with Gasteiger partial charge in [-0.1, -0.05) is 0 Å². The van der Waals surface area contributed by atoms with E-state index >= 15 is 0 Å². The first-order valence-electron chi connectivity index (χ1n) is 5.12. The van der Waals surface area contributed by atoms with E-state index in [-0.39, 0.29) is 30.8 Å². The zero-order valence-corrected chi connectivity index (χ0v) is 10.2. The maximum absolute atomic E-state index is 13.7. The smallest absolute Gasteiger partial charge is 0.232 e. The summed E-state index contributed by atoms with van der Waals surface area (Å²) >= 11 is -2.30. The molecule has 5 N–H and O–H groups in total. The second-order valence-corrected chi connectivity index (χ2v) is 4.44. The van der Waals surface area contributed by atoms with Crippen molar-refractivity contribution in [1.29, 1.82) is 0 Å². The molecule has 0 fully saturated rings. The van der Waals surface area contributed by atoms with Crippen LogP contribution in [0.15, 0.2) is 12.1 Å². The molecule has 102 valence electrons. The Labute approximate surface area is 105 Å². The molecule has 0 aromatic heterocycles. The van der Waals surface area contributed by atoms with Crippen molar-refractivity contribution < 1.29 is 22.6 Å². The molecule has 0 amide bonds. The van der Waals surface area contributed by atoms with Crippen molar-refractivity contribution >= 4 is 11.3 Å². The maximum Gasteiger partial charge on any atom is 0.232 e. The number of aliphatic hydroxyl groups is 1. The lowest BCUT2D eigenvalue weighted by Gasteiger charge is -2.14. The predicted molar refractivity (Wildman–Crippen MR) is 62.9 cm³/mol. The van der Waals surface area contributed by atoms with Crippen molar-refractivity contribution in [1.82, 2.24) is 4.72 Å². The van der Waals surface area contributed by atoms with Gasteiger partial charge in [-0.05, 0) is 17.7 Å². The summed E-state index contributed by atoms with van der Waals surface area (Å²) in [5.74, 6) is -2.11. The highest BCUT2D eigenvalue weighted by atomic mass is 32.2. The monoisotopic (exact) mass is 280 g/mol. The SMILES string of the molecule is NCC(CO)c1cc(F)c(CNS(=O)O)cc1F. The minimum atomic E-state index is -2.30. The van der Waals surface area contributed by atoms with E-state index in [0.717, 1.165) is 12.1 Å². The highest BCUT2D eigenvalue weighted by Gasteiger charge is 2.17. The summed E-state index contributed by atoms with van der Waals surface area (Å²) in [6.45, 7) is -0.672. The number of nitrogens with two attached hydrogens (primary N) is 1. The number of aliphatic hydroxyl groups excluding tert-OH is 1. The molecule has 18 heavy (non-hydrogen) atoms. The van der Waals surface area contributed by atoms with E-state index in [1.54, 1.807) is 0 Å². The molecule has 0 bridgehead atoms. The molecule has 2 unspecified atom stereocenters. The molecule has 0 aliphatic heterocycles. The lowest BCUT2D eigenvalue weighted by molar-refractivity contribution is 0.265. The summed E-state index contributed by atoms with van der Waals surface area (Å²) in [4.78, 5) is 0. The molecular formula is C10H14F2N2O3S. The number of rotatable bonds is 6. The van der Waals surface area contributed by atoms with Crippen LogP contribution in [-0.2, 0) is 17.8 Å². The van der Waals surface area contributed by atoms with E-state index in [0.29, 0.717) is 0 Å². The molecule has 0 heterocycles. The van der Waals surface area contributed by atoms with Crippen LogP contribution in [0.4, 0.5) is 8.78 Å². The first kappa shape index (κ1) is 15.1. The first-order valence-corrected chi connectivity index (χ1v) is 6.23. The van der Waals surface area contributed by atoms with Gasteiger partial charge < -0.3 is 10.8 Å². The number of nitrogens with one attached hydrogen (secondary N) is 1. The number of halogens is 2. The maximum atomic E-state index is 13.7. The molecule has 1 rings (SSSR count). The van der Waals surface area contributed by atoms with E-state index in [9.17, 15) is 13.0 Å². The lowest BCUT2D eigenvalue weighted by Crippen LogP contribution is -2.19. The fourth-order valence-corrected chi connectivity index (χ4v) is 1.77. The van der Waals surface area contributed by atoms with Gasteiger partial charge in [-0.3, -0.25) is 4.55 Å². The second kappa shape index (κ2) is 6.86. The topological polar surface area (TPSA) is 95.6 Å². The molecule has 5 nitrogen and oxygen atoms in total. The van der Waals surface area contributed by atoms with Gasteiger partial charge >= 0.3 is 0 Å². The fourth-order valence-electron chi connectivity index (χ4n) is 1.49. The standard InChI is InChI=1S/C10H14F2N2O3S/c11-9-2-8(7(3-13)5-15)10(12)1-6(9)4-14-18(16)17/h1-2,7,14-15H,3-5,13H2,(H,16,17). The third-order valence-electron chi connectivity index (χ3n) is 2.50. The minimum Gasteiger partial charge on any atom is -0.396 e. The molecule has 1 aromatic carbocycles. The van der Waals surface area contributed by atoms with Crippen molar-refractivity contribution in [3.05, 3.63) is 34.9 Å². The molecule has 0 aliphatic carbocycles. The zero-order valence-electron chi connectivity index (χ0n) is 9.40. The Hall–Kier alpha value is -0.930. The molecule has 0 saturated heterocycles. The molecule has 2 atom stereocenters. The van der Waals surface area contributed by atoms with Crippen LogP contribution in [0.5, 0.6) is 0 Å². The van der Waals surface area contributed by atoms with Gasteiger partial charge in [0.15, 0.2) is 0 Å². The Kier molecular flexibility index (Phi) is 5.76. The van der Waals surface area contributed by atoms with Gasteiger partial charge in [0.1, 0.15) is 11.6 Å². The zero-order chi connectivity index (χ0) is 13.7. The van der Waals surface area contributed by atoms with E-state index < -0.39 is 28.8 Å². The predicted octanol–water partition coefficient (Wildman–Crippen LogP) is 0.226. The van der Waals surface area contributed by atoms with Gasteiger partial charge in [0, 0.05) is 24.6 Å². The molecule has 0 saturated carbocycles. The molecular weight excluding hydrogens is 266 g/mol. The van der Waals surface area contributed by atoms with Crippen molar-refractivity contribution in [2.75, 3.05) is 13.2 Å². The normalized spacial score (nSPS) is 14.5. The highest BCUT2D eigenvalue weighted by molar-refractivity contribution is 7.77. The molecule has 8 heteroatoms. The van der Waals surface area contributed by atoms with E-state index in [1.807, 2.05) is 0 Å². The van der Waals surface area contributed by atoms with Crippen LogP contribution in [0.1, 0.15) is 17.0 Å². The van der Waals surface area contributed by atoms with Gasteiger partial charge in [-0.15, -0.1) is 0 Å². The van der Waals surface area contributed by atoms with E-state index in [4.69, 9.17) is 15.4 Å². The van der Waals surface area contributed by atoms with Crippen molar-refractivity contribution in [2.45, 2.75) is 12.5 Å². The molecule has 0 spiro atoms. The number of hydrogen-bond donors (Lipinski definition) is 4. The minimum absolute atomic E-state index is 0.00799. The van der Waals surface area contributed by atoms with Gasteiger partial charge in [-0.25, -0.2) is 17.7 Å². The third kappa shape index (κ3) is 3.79. The van der Waals surface area contributed by atoms with E-state index in [2.05, 4.69) is 4.72 Å². The summed E-state index contributed by atoms with van der Waals surface area (Å²) in [5, 5.41) is 8.99. The lowest BCUT2D eigenvalue weighted by atomic mass is 9.97. The van der Waals surface area contributed by atoms with Gasteiger partial charge in [0.05, 0.1) is 6.61 Å². The van der Waals surface area contributed by atoms with Crippen LogP contribution in [0.3, 0.4) is 0 Å². The average Bonchev–Trinajstić information content (AvgIpc) is 2.32. The molecule has 1 aromatic rings. The quantitative estimate of drug-likeness (QED) is 0.561. The van der Waals surface area contributed by atoms with Crippen molar-refractivity contribution in [3.8, 4) is 0 Å². The van der Waals surface area contributed by atoms with Crippen LogP contribution in [0.25, 0.3) is 0 Å². The van der Waals surface area contributed by atoms with Gasteiger partial charge in [0.25, 0.3) is 0 Å². The Morgan fingerprint density at radius 3 is 2.56 bits per heavy atom.